The van der Waals surface area contributed by atoms with Crippen molar-refractivity contribution in [3.63, 3.8) is 0 Å². The fourth-order valence-corrected chi connectivity index (χ4v) is 6.15. The Balaban J connectivity index is 0.00000280. The second-order valence-electron chi connectivity index (χ2n) is 7.71. The number of aromatic nitrogens is 1. The van der Waals surface area contributed by atoms with Crippen LogP contribution >= 0.6 is 34.4 Å². The predicted octanol–water partition coefficient (Wildman–Crippen LogP) is -8.03. The molecule has 3 atom stereocenters. The van der Waals surface area contributed by atoms with Crippen molar-refractivity contribution in [2.45, 2.75) is 24.4 Å². The number of amides is 2. The van der Waals surface area contributed by atoms with Gasteiger partial charge in [0.1, 0.15) is 23.7 Å². The zero-order chi connectivity index (χ0) is 27.6. The van der Waals surface area contributed by atoms with Crippen LogP contribution in [0.3, 0.4) is 0 Å². The summed E-state index contributed by atoms with van der Waals surface area (Å²) < 4.78 is 4.87. The molecule has 2 aliphatic heterocycles. The molecule has 1 unspecified atom stereocenters. The van der Waals surface area contributed by atoms with Crippen LogP contribution in [0.25, 0.3) is 0 Å². The maximum Gasteiger partial charge on any atom is 1.00 e. The molecule has 1 saturated heterocycles. The van der Waals surface area contributed by atoms with E-state index < -0.39 is 58.7 Å². The molecular formula is C21H17N5Na2O9S3. The minimum Gasteiger partial charge on any atom is -0.546 e. The van der Waals surface area contributed by atoms with Crippen molar-refractivity contribution < 1.29 is 103 Å². The number of esters is 1. The number of thioether (sulfide) groups is 1. The molecule has 1 fully saturated rings. The standard InChI is InChI=1S/C21H19N5O9S3.2Na/c1-8(27)34-5-9-6-37-18-13(17(29)26(18)14(9)19(30)31)24-16(28)12(10-7-38-21(22)23-10)25-35-15(20(32)33)11-3-2-4-36-11;;/h2-4,7,13,15,18H,5-6H2,1H3,(H2,22,23)(H,24,28)(H,30,31)(H,32,33);;/q;2*+1/p-2/b25-12-;;/t13-,15?,18+;;/m0../s1. The number of thiazole rings is 1. The number of nitrogen functional groups attached to an aromatic ring is 1. The Morgan fingerprint density at radius 1 is 1.27 bits per heavy atom. The van der Waals surface area contributed by atoms with Crippen molar-refractivity contribution in [2.75, 3.05) is 18.1 Å². The van der Waals surface area contributed by atoms with Gasteiger partial charge in [-0.05, 0) is 11.4 Å². The van der Waals surface area contributed by atoms with Gasteiger partial charge >= 0.3 is 65.1 Å². The number of carboxylic acid groups (broad SMARTS) is 2. The van der Waals surface area contributed by atoms with Gasteiger partial charge in [0.05, 0.1) is 22.5 Å². The first-order valence-electron chi connectivity index (χ1n) is 10.6. The van der Waals surface area contributed by atoms with Crippen LogP contribution < -0.4 is 80.4 Å². The Morgan fingerprint density at radius 2 is 2.00 bits per heavy atom. The van der Waals surface area contributed by atoms with Gasteiger partial charge in [0, 0.05) is 23.6 Å². The number of carboxylic acids is 2. The third-order valence-electron chi connectivity index (χ3n) is 5.22. The minimum absolute atomic E-state index is 0. The van der Waals surface area contributed by atoms with E-state index in [1.54, 1.807) is 11.4 Å². The van der Waals surface area contributed by atoms with E-state index in [1.165, 1.54) is 11.4 Å². The van der Waals surface area contributed by atoms with E-state index in [9.17, 15) is 34.2 Å². The van der Waals surface area contributed by atoms with Crippen molar-refractivity contribution in [1.29, 1.82) is 0 Å². The molecule has 0 aliphatic carbocycles. The molecule has 2 aromatic heterocycles. The summed E-state index contributed by atoms with van der Waals surface area (Å²) in [6, 6.07) is 1.93. The Morgan fingerprint density at radius 3 is 2.55 bits per heavy atom. The molecule has 40 heavy (non-hydrogen) atoms. The summed E-state index contributed by atoms with van der Waals surface area (Å²) in [6.07, 6.45) is -1.62. The molecule has 0 radical (unpaired) electrons. The zero-order valence-corrected chi connectivity index (χ0v) is 27.7. The normalized spacial score (nSPS) is 18.8. The maximum atomic E-state index is 13.2. The number of β-lactam (4-membered cyclic amide) rings is 1. The second-order valence-corrected chi connectivity index (χ2v) is 10.7. The van der Waals surface area contributed by atoms with E-state index in [0.717, 1.165) is 46.3 Å². The average Bonchev–Trinajstić information content (AvgIpc) is 3.54. The summed E-state index contributed by atoms with van der Waals surface area (Å²) in [4.78, 5) is 70.8. The molecule has 2 amide bonds. The first-order chi connectivity index (χ1) is 18.1. The van der Waals surface area contributed by atoms with Crippen molar-refractivity contribution in [3.8, 4) is 0 Å². The number of ether oxygens (including phenoxy) is 1. The molecule has 200 valence electrons. The Kier molecular flexibility index (Phi) is 12.7. The predicted molar refractivity (Wildman–Crippen MR) is 130 cm³/mol. The average molecular weight is 626 g/mol. The van der Waals surface area contributed by atoms with Gasteiger partial charge in [-0.25, -0.2) is 4.98 Å². The summed E-state index contributed by atoms with van der Waals surface area (Å²) in [7, 11) is 0. The van der Waals surface area contributed by atoms with Crippen molar-refractivity contribution in [2.24, 2.45) is 5.16 Å². The van der Waals surface area contributed by atoms with Crippen molar-refractivity contribution >= 4 is 75.0 Å². The van der Waals surface area contributed by atoms with Gasteiger partial charge in [-0.15, -0.1) is 34.4 Å². The summed E-state index contributed by atoms with van der Waals surface area (Å²) in [5, 5.41) is 31.8. The number of fused-ring (bicyclic) bond motifs is 1. The molecule has 0 bridgehead atoms. The van der Waals surface area contributed by atoms with Crippen LogP contribution in [0.4, 0.5) is 5.13 Å². The number of hydrogen-bond donors (Lipinski definition) is 2. The number of thiophene rings is 1. The van der Waals surface area contributed by atoms with Crippen LogP contribution in [0.5, 0.6) is 0 Å². The quantitative estimate of drug-likeness (QED) is 0.0828. The number of carbonyl (C=O) groups is 5. The summed E-state index contributed by atoms with van der Waals surface area (Å²) >= 11 is 3.20. The fraction of sp³-hybridized carbons (Fsp3) is 0.286. The topological polar surface area (TPSA) is 216 Å². The second kappa shape index (κ2) is 14.8. The van der Waals surface area contributed by atoms with E-state index in [2.05, 4.69) is 15.5 Å². The van der Waals surface area contributed by atoms with Gasteiger partial charge in [0.2, 0.25) is 6.10 Å². The van der Waals surface area contributed by atoms with Crippen LogP contribution in [0.2, 0.25) is 0 Å². The van der Waals surface area contributed by atoms with E-state index >= 15 is 0 Å². The number of nitrogens with one attached hydrogen (secondary N) is 1. The van der Waals surface area contributed by atoms with Crippen LogP contribution in [0, 0.1) is 0 Å². The summed E-state index contributed by atoms with van der Waals surface area (Å²) in [6.45, 7) is 0.829. The number of oxime groups is 1. The SMILES string of the molecule is CC(=O)OCC1=C(C(=O)[O-])N2C(=O)[C@H](NC(=O)/C(=N\OC(C(=O)[O-])c3cccs3)c3csc(N)n3)[C@H]2SC1.[Na+].[Na+]. The fourth-order valence-electron chi connectivity index (χ4n) is 3.54. The van der Waals surface area contributed by atoms with E-state index in [1.807, 2.05) is 0 Å². The van der Waals surface area contributed by atoms with E-state index in [-0.39, 0.29) is 92.8 Å². The molecular weight excluding hydrogens is 608 g/mol. The Labute approximate surface area is 282 Å². The molecule has 4 heterocycles. The maximum absolute atomic E-state index is 13.2. The molecule has 19 heteroatoms. The first kappa shape index (κ1) is 34.2. The number of anilines is 1. The third kappa shape index (κ3) is 7.46. The number of carbonyl (C=O) groups excluding carboxylic acids is 5. The molecule has 0 spiro atoms. The first-order valence-corrected chi connectivity index (χ1v) is 13.4. The van der Waals surface area contributed by atoms with Gasteiger partial charge in [-0.1, -0.05) is 11.2 Å². The van der Waals surface area contributed by atoms with Gasteiger partial charge in [-0.3, -0.25) is 19.3 Å². The molecule has 4 rings (SSSR count). The van der Waals surface area contributed by atoms with E-state index in [0.29, 0.717) is 0 Å². The van der Waals surface area contributed by atoms with Crippen molar-refractivity contribution in [1.82, 2.24) is 15.2 Å². The van der Waals surface area contributed by atoms with Gasteiger partial charge < -0.3 is 40.4 Å². The van der Waals surface area contributed by atoms with Gasteiger partial charge in [0.15, 0.2) is 10.8 Å². The Bertz CT molecular complexity index is 1370. The molecule has 14 nitrogen and oxygen atoms in total. The van der Waals surface area contributed by atoms with Crippen LogP contribution in [-0.2, 0) is 33.5 Å². The molecule has 2 aliphatic rings. The van der Waals surface area contributed by atoms with Gasteiger partial charge in [-0.2, -0.15) is 0 Å². The number of rotatable bonds is 10. The monoisotopic (exact) mass is 625 g/mol. The zero-order valence-electron chi connectivity index (χ0n) is 21.3. The minimum atomic E-state index is -1.63. The number of nitrogens with zero attached hydrogens (tertiary/aromatic N) is 3. The number of nitrogens with two attached hydrogens (primary N) is 1. The molecule has 3 N–H and O–H groups in total. The van der Waals surface area contributed by atoms with Crippen LogP contribution in [-0.4, -0.2) is 69.1 Å². The largest absolute Gasteiger partial charge is 1.00 e. The van der Waals surface area contributed by atoms with Crippen LogP contribution in [0.15, 0.2) is 39.3 Å². The van der Waals surface area contributed by atoms with Crippen LogP contribution in [0.1, 0.15) is 23.6 Å². The van der Waals surface area contributed by atoms with E-state index in [4.69, 9.17) is 15.3 Å². The summed E-state index contributed by atoms with van der Waals surface area (Å²) in [5.74, 6) is -5.45. The molecule has 0 aromatic carbocycles. The smallest absolute Gasteiger partial charge is 0.546 e. The molecule has 0 saturated carbocycles. The molecule has 2 aromatic rings. The Hall–Kier alpha value is -1.96. The van der Waals surface area contributed by atoms with Crippen molar-refractivity contribution in [3.05, 3.63) is 44.7 Å². The van der Waals surface area contributed by atoms with Gasteiger partial charge in [0.25, 0.3) is 11.8 Å². The summed E-state index contributed by atoms with van der Waals surface area (Å²) in [5.41, 5.74) is 4.92. The third-order valence-corrected chi connectivity index (χ3v) is 8.15. The number of hydrogen-bond acceptors (Lipinski definition) is 15. The number of aliphatic carboxylic acids is 2.